The van der Waals surface area contributed by atoms with E-state index in [2.05, 4.69) is 16.0 Å². The van der Waals surface area contributed by atoms with Gasteiger partial charge in [0.1, 0.15) is 0 Å². The van der Waals surface area contributed by atoms with E-state index in [1.807, 2.05) is 0 Å². The van der Waals surface area contributed by atoms with Crippen molar-refractivity contribution in [2.24, 2.45) is 5.92 Å². The van der Waals surface area contributed by atoms with Crippen LogP contribution in [0.25, 0.3) is 0 Å². The first-order valence-corrected chi connectivity index (χ1v) is 6.48. The predicted molar refractivity (Wildman–Crippen MR) is 64.5 cm³/mol. The van der Waals surface area contributed by atoms with E-state index in [1.54, 1.807) is 7.05 Å². The van der Waals surface area contributed by atoms with Crippen LogP contribution in [0, 0.1) is 5.92 Å². The zero-order chi connectivity index (χ0) is 12.3. The van der Waals surface area contributed by atoms with E-state index in [-0.39, 0.29) is 11.9 Å². The summed E-state index contributed by atoms with van der Waals surface area (Å²) in [5.74, 6) is 0.703. The second-order valence-corrected chi connectivity index (χ2v) is 5.01. The fourth-order valence-electron chi connectivity index (χ4n) is 2.96. The molecule has 3 amide bonds. The van der Waals surface area contributed by atoms with Gasteiger partial charge >= 0.3 is 6.03 Å². The lowest BCUT2D eigenvalue weighted by molar-refractivity contribution is -0.120. The molecule has 3 N–H and O–H groups in total. The topological polar surface area (TPSA) is 70.2 Å². The van der Waals surface area contributed by atoms with E-state index in [0.717, 1.165) is 25.7 Å². The van der Waals surface area contributed by atoms with E-state index < -0.39 is 0 Å². The van der Waals surface area contributed by atoms with Gasteiger partial charge in [0, 0.05) is 13.5 Å². The molecule has 2 aliphatic rings. The van der Waals surface area contributed by atoms with Crippen molar-refractivity contribution in [1.29, 1.82) is 0 Å². The van der Waals surface area contributed by atoms with Crippen molar-refractivity contribution in [3.63, 3.8) is 0 Å². The van der Waals surface area contributed by atoms with Crippen LogP contribution in [0.2, 0.25) is 0 Å². The molecule has 3 atom stereocenters. The highest BCUT2D eigenvalue weighted by molar-refractivity contribution is 5.77. The monoisotopic (exact) mass is 239 g/mol. The fourth-order valence-corrected chi connectivity index (χ4v) is 2.96. The van der Waals surface area contributed by atoms with Crippen molar-refractivity contribution in [2.75, 3.05) is 7.05 Å². The summed E-state index contributed by atoms with van der Waals surface area (Å²) in [6, 6.07) is 0.643. The van der Waals surface area contributed by atoms with Gasteiger partial charge in [0.15, 0.2) is 0 Å². The quantitative estimate of drug-likeness (QED) is 0.620. The van der Waals surface area contributed by atoms with Crippen molar-refractivity contribution >= 4 is 11.9 Å². The molecular formula is C12H21N3O2. The minimum Gasteiger partial charge on any atom is -0.359 e. The third-order valence-electron chi connectivity index (χ3n) is 3.91. The highest BCUT2D eigenvalue weighted by Crippen LogP contribution is 2.32. The maximum Gasteiger partial charge on any atom is 0.315 e. The summed E-state index contributed by atoms with van der Waals surface area (Å²) >= 11 is 0. The molecule has 1 heterocycles. The first-order valence-electron chi connectivity index (χ1n) is 6.48. The zero-order valence-electron chi connectivity index (χ0n) is 10.3. The number of rotatable bonds is 5. The first kappa shape index (κ1) is 12.2. The van der Waals surface area contributed by atoms with Gasteiger partial charge in [0.25, 0.3) is 0 Å². The molecule has 2 rings (SSSR count). The van der Waals surface area contributed by atoms with Crippen LogP contribution in [0.3, 0.4) is 0 Å². The third-order valence-corrected chi connectivity index (χ3v) is 3.91. The SMILES string of the molecule is CNC(=O)CCCCC1CC[C@H]2NC(=O)N[C@@H]12. The molecule has 0 radical (unpaired) electrons. The summed E-state index contributed by atoms with van der Waals surface area (Å²) in [5, 5.41) is 8.58. The summed E-state index contributed by atoms with van der Waals surface area (Å²) in [4.78, 5) is 22.2. The molecule has 1 saturated carbocycles. The maximum absolute atomic E-state index is 11.2. The van der Waals surface area contributed by atoms with Crippen LogP contribution >= 0.6 is 0 Å². The molecule has 5 heteroatoms. The van der Waals surface area contributed by atoms with Gasteiger partial charge in [0.05, 0.1) is 12.1 Å². The molecule has 0 aromatic carbocycles. The van der Waals surface area contributed by atoms with E-state index in [0.29, 0.717) is 24.4 Å². The van der Waals surface area contributed by atoms with Crippen molar-refractivity contribution < 1.29 is 9.59 Å². The van der Waals surface area contributed by atoms with E-state index in [1.165, 1.54) is 6.42 Å². The number of carbonyl (C=O) groups is 2. The van der Waals surface area contributed by atoms with E-state index >= 15 is 0 Å². The number of fused-ring (bicyclic) bond motifs is 1. The van der Waals surface area contributed by atoms with Crippen LogP contribution in [-0.2, 0) is 4.79 Å². The minimum absolute atomic E-state index is 0.0185. The van der Waals surface area contributed by atoms with Gasteiger partial charge in [-0.1, -0.05) is 6.42 Å². The average Bonchev–Trinajstić information content (AvgIpc) is 2.84. The molecule has 1 saturated heterocycles. The van der Waals surface area contributed by atoms with Crippen LogP contribution in [0.4, 0.5) is 4.79 Å². The molecule has 5 nitrogen and oxygen atoms in total. The van der Waals surface area contributed by atoms with Gasteiger partial charge in [-0.25, -0.2) is 4.79 Å². The Morgan fingerprint density at radius 1 is 1.35 bits per heavy atom. The summed E-state index contributed by atoms with van der Waals surface area (Å²) in [5.41, 5.74) is 0. The number of carbonyl (C=O) groups excluding carboxylic acids is 2. The lowest BCUT2D eigenvalue weighted by Gasteiger charge is -2.17. The van der Waals surface area contributed by atoms with E-state index in [4.69, 9.17) is 0 Å². The number of urea groups is 1. The fraction of sp³-hybridized carbons (Fsp3) is 0.833. The van der Waals surface area contributed by atoms with Crippen molar-refractivity contribution in [3.05, 3.63) is 0 Å². The minimum atomic E-state index is -0.0185. The number of nitrogens with one attached hydrogen (secondary N) is 3. The van der Waals surface area contributed by atoms with Crippen LogP contribution in [0.1, 0.15) is 38.5 Å². The molecule has 17 heavy (non-hydrogen) atoms. The second-order valence-electron chi connectivity index (χ2n) is 5.01. The van der Waals surface area contributed by atoms with Crippen LogP contribution in [-0.4, -0.2) is 31.1 Å². The molecule has 96 valence electrons. The maximum atomic E-state index is 11.2. The van der Waals surface area contributed by atoms with Gasteiger partial charge < -0.3 is 16.0 Å². The van der Waals surface area contributed by atoms with Crippen LogP contribution in [0.15, 0.2) is 0 Å². The molecule has 0 aromatic rings. The molecule has 0 spiro atoms. The molecular weight excluding hydrogens is 218 g/mol. The smallest absolute Gasteiger partial charge is 0.315 e. The largest absolute Gasteiger partial charge is 0.359 e. The normalized spacial score (nSPS) is 30.6. The lowest BCUT2D eigenvalue weighted by atomic mass is 9.96. The van der Waals surface area contributed by atoms with Gasteiger partial charge in [-0.15, -0.1) is 0 Å². The van der Waals surface area contributed by atoms with E-state index in [9.17, 15) is 9.59 Å². The highest BCUT2D eigenvalue weighted by Gasteiger charge is 2.41. The van der Waals surface area contributed by atoms with Gasteiger partial charge in [-0.2, -0.15) is 0 Å². The summed E-state index contributed by atoms with van der Waals surface area (Å²) in [7, 11) is 1.67. The predicted octanol–water partition coefficient (Wildman–Crippen LogP) is 0.753. The first-order chi connectivity index (χ1) is 8.20. The van der Waals surface area contributed by atoms with Gasteiger partial charge in [-0.3, -0.25) is 4.79 Å². The number of hydrogen-bond donors (Lipinski definition) is 3. The number of unbranched alkanes of at least 4 members (excludes halogenated alkanes) is 1. The Hall–Kier alpha value is -1.26. The number of hydrogen-bond acceptors (Lipinski definition) is 2. The van der Waals surface area contributed by atoms with Gasteiger partial charge in [0.2, 0.25) is 5.91 Å². The average molecular weight is 239 g/mol. The lowest BCUT2D eigenvalue weighted by Crippen LogP contribution is -2.33. The zero-order valence-corrected chi connectivity index (χ0v) is 10.3. The summed E-state index contributed by atoms with van der Waals surface area (Å²) in [6.07, 6.45) is 6.00. The Balaban J connectivity index is 1.66. The Bertz CT molecular complexity index is 306. The summed E-state index contributed by atoms with van der Waals surface area (Å²) in [6.45, 7) is 0. The van der Waals surface area contributed by atoms with Gasteiger partial charge in [-0.05, 0) is 31.6 Å². The second kappa shape index (κ2) is 5.38. The van der Waals surface area contributed by atoms with Crippen LogP contribution in [0.5, 0.6) is 0 Å². The Labute approximate surface area is 102 Å². The Morgan fingerprint density at radius 3 is 2.94 bits per heavy atom. The molecule has 1 aliphatic carbocycles. The molecule has 0 bridgehead atoms. The highest BCUT2D eigenvalue weighted by atomic mass is 16.2. The summed E-state index contributed by atoms with van der Waals surface area (Å²) < 4.78 is 0. The third kappa shape index (κ3) is 2.90. The Morgan fingerprint density at radius 2 is 2.18 bits per heavy atom. The Kier molecular flexibility index (Phi) is 3.86. The molecule has 2 fully saturated rings. The van der Waals surface area contributed by atoms with Crippen molar-refractivity contribution in [1.82, 2.24) is 16.0 Å². The number of amides is 3. The standard InChI is InChI=1S/C12H21N3O2/c1-13-10(16)5-3-2-4-8-6-7-9-11(8)15-12(17)14-9/h8-9,11H,2-7H2,1H3,(H,13,16)(H2,14,15,17)/t8?,9-,11+/m1/s1. The van der Waals surface area contributed by atoms with Crippen molar-refractivity contribution in [3.8, 4) is 0 Å². The van der Waals surface area contributed by atoms with Crippen LogP contribution < -0.4 is 16.0 Å². The molecule has 1 unspecified atom stereocenters. The van der Waals surface area contributed by atoms with Crippen molar-refractivity contribution in [2.45, 2.75) is 50.6 Å². The molecule has 1 aliphatic heterocycles. The molecule has 0 aromatic heterocycles.